The molecular weight excluding hydrogens is 463 g/mol. The van der Waals surface area contributed by atoms with Crippen LogP contribution in [-0.4, -0.2) is 47.7 Å². The van der Waals surface area contributed by atoms with Gasteiger partial charge in [0, 0.05) is 24.5 Å². The number of hydrogen-bond acceptors (Lipinski definition) is 5. The molecular formula is C28H31FN2O3S. The van der Waals surface area contributed by atoms with Crippen molar-refractivity contribution in [3.8, 4) is 17.6 Å². The lowest BCUT2D eigenvalue weighted by molar-refractivity contribution is -0.139. The minimum absolute atomic E-state index is 0.00648. The average Bonchev–Trinajstić information content (AvgIpc) is 3.26. The van der Waals surface area contributed by atoms with Gasteiger partial charge in [-0.2, -0.15) is 0 Å². The van der Waals surface area contributed by atoms with Gasteiger partial charge in [0.2, 0.25) is 0 Å². The molecule has 5 nitrogen and oxygen atoms in total. The van der Waals surface area contributed by atoms with Crippen LogP contribution in [0.4, 0.5) is 4.39 Å². The molecule has 0 saturated carbocycles. The van der Waals surface area contributed by atoms with Crippen LogP contribution in [0, 0.1) is 30.6 Å². The summed E-state index contributed by atoms with van der Waals surface area (Å²) in [6.45, 7) is 4.21. The average molecular weight is 495 g/mol. The van der Waals surface area contributed by atoms with Crippen LogP contribution in [0.2, 0.25) is 0 Å². The third-order valence-electron chi connectivity index (χ3n) is 6.89. The Kier molecular flexibility index (Phi) is 8.37. The number of methoxy groups -OCH3 is 1. The Bertz CT molecular complexity index is 1230. The molecule has 0 radical (unpaired) electrons. The smallest absolute Gasteiger partial charge is 0.303 e. The molecule has 1 aliphatic heterocycles. The summed E-state index contributed by atoms with van der Waals surface area (Å²) in [7, 11) is 1.59. The standard InChI is InChI=1S/C28H31FN2O3S/c1-19-11-15-35-27(19)4-3-13-31-14-10-20(21(18-31)16-28(32)33)5-7-25(29)23-9-12-30-26-8-6-22(34-2)17-24(23)26/h6,8-9,11-12,15,17,20-21,25H,5,7,10,13-14,16,18H2,1-2H3,(H,32,33)/t20-,21+,25-/m1/s1. The minimum atomic E-state index is -1.14. The van der Waals surface area contributed by atoms with Gasteiger partial charge in [-0.1, -0.05) is 11.8 Å². The summed E-state index contributed by atoms with van der Waals surface area (Å²) in [4.78, 5) is 19.2. The molecule has 1 fully saturated rings. The van der Waals surface area contributed by atoms with Gasteiger partial charge in [-0.3, -0.25) is 14.7 Å². The molecule has 7 heteroatoms. The normalized spacial score (nSPS) is 19.2. The maximum Gasteiger partial charge on any atom is 0.303 e. The monoisotopic (exact) mass is 494 g/mol. The van der Waals surface area contributed by atoms with Crippen molar-refractivity contribution < 1.29 is 19.0 Å². The van der Waals surface area contributed by atoms with Crippen molar-refractivity contribution in [2.24, 2.45) is 11.8 Å². The number of rotatable bonds is 8. The third kappa shape index (κ3) is 6.39. The van der Waals surface area contributed by atoms with Gasteiger partial charge in [-0.25, -0.2) is 4.39 Å². The summed E-state index contributed by atoms with van der Waals surface area (Å²) in [5.41, 5.74) is 2.54. The predicted molar refractivity (Wildman–Crippen MR) is 138 cm³/mol. The van der Waals surface area contributed by atoms with Crippen LogP contribution >= 0.6 is 11.3 Å². The Labute approximate surface area is 209 Å². The van der Waals surface area contributed by atoms with Gasteiger partial charge in [0.15, 0.2) is 0 Å². The zero-order valence-corrected chi connectivity index (χ0v) is 21.0. The van der Waals surface area contributed by atoms with Crippen LogP contribution in [0.5, 0.6) is 5.75 Å². The first-order valence-electron chi connectivity index (χ1n) is 12.0. The van der Waals surface area contributed by atoms with Crippen LogP contribution in [0.25, 0.3) is 10.9 Å². The maximum atomic E-state index is 15.4. The molecule has 3 atom stereocenters. The van der Waals surface area contributed by atoms with E-state index in [0.29, 0.717) is 37.2 Å². The van der Waals surface area contributed by atoms with Crippen LogP contribution in [0.15, 0.2) is 41.9 Å². The highest BCUT2D eigenvalue weighted by atomic mass is 32.1. The molecule has 3 aromatic rings. The molecule has 35 heavy (non-hydrogen) atoms. The third-order valence-corrected chi connectivity index (χ3v) is 7.82. The first kappa shape index (κ1) is 25.2. The molecule has 2 aromatic heterocycles. The molecule has 1 aliphatic rings. The van der Waals surface area contributed by atoms with Crippen LogP contribution in [0.1, 0.15) is 47.9 Å². The summed E-state index contributed by atoms with van der Waals surface area (Å²) in [5.74, 6) is 6.52. The molecule has 1 saturated heterocycles. The van der Waals surface area contributed by atoms with Crippen molar-refractivity contribution in [3.05, 3.63) is 57.9 Å². The van der Waals surface area contributed by atoms with E-state index >= 15 is 4.39 Å². The van der Waals surface area contributed by atoms with E-state index in [9.17, 15) is 9.90 Å². The number of halogens is 1. The number of aryl methyl sites for hydroxylation is 1. The first-order valence-corrected chi connectivity index (χ1v) is 12.9. The molecule has 1 aromatic carbocycles. The van der Waals surface area contributed by atoms with E-state index in [1.165, 1.54) is 5.56 Å². The molecule has 0 bridgehead atoms. The molecule has 0 spiro atoms. The lowest BCUT2D eigenvalue weighted by Gasteiger charge is -2.37. The highest BCUT2D eigenvalue weighted by molar-refractivity contribution is 7.10. The number of thiophene rings is 1. The number of benzene rings is 1. The number of aliphatic carboxylic acids is 1. The van der Waals surface area contributed by atoms with Crippen molar-refractivity contribution in [1.82, 2.24) is 9.88 Å². The number of pyridine rings is 1. The summed E-state index contributed by atoms with van der Waals surface area (Å²) in [6, 6.07) is 9.28. The number of carboxylic acid groups (broad SMARTS) is 1. The molecule has 0 unspecified atom stereocenters. The largest absolute Gasteiger partial charge is 0.497 e. The number of carbonyl (C=O) groups is 1. The van der Waals surface area contributed by atoms with E-state index in [1.54, 1.807) is 30.7 Å². The fourth-order valence-electron chi connectivity index (χ4n) is 4.93. The van der Waals surface area contributed by atoms with Gasteiger partial charge in [0.1, 0.15) is 11.9 Å². The van der Waals surface area contributed by atoms with Crippen LogP contribution < -0.4 is 4.74 Å². The summed E-state index contributed by atoms with van der Waals surface area (Å²) in [6.07, 6.45) is 2.47. The minimum Gasteiger partial charge on any atom is -0.497 e. The SMILES string of the molecule is COc1ccc2nccc([C@H](F)CC[C@@H]3CCN(CC#Cc4sccc4C)C[C@@H]3CC(=O)O)c2c1. The number of ether oxygens (including phenoxy) is 1. The van der Waals surface area contributed by atoms with E-state index < -0.39 is 12.1 Å². The van der Waals surface area contributed by atoms with Gasteiger partial charge >= 0.3 is 5.97 Å². The number of piperidine rings is 1. The van der Waals surface area contributed by atoms with Gasteiger partial charge < -0.3 is 9.84 Å². The van der Waals surface area contributed by atoms with Crippen molar-refractivity contribution in [2.45, 2.75) is 38.8 Å². The lowest BCUT2D eigenvalue weighted by Crippen LogP contribution is -2.41. The first-order chi connectivity index (χ1) is 16.9. The number of likely N-dealkylation sites (tertiary alicyclic amines) is 1. The van der Waals surface area contributed by atoms with Crippen molar-refractivity contribution in [3.63, 3.8) is 0 Å². The van der Waals surface area contributed by atoms with Gasteiger partial charge in [-0.05, 0) is 91.4 Å². The number of hydrogen-bond donors (Lipinski definition) is 1. The van der Waals surface area contributed by atoms with E-state index in [-0.39, 0.29) is 18.3 Å². The zero-order chi connectivity index (χ0) is 24.8. The second-order valence-electron chi connectivity index (χ2n) is 9.20. The molecule has 1 N–H and O–H groups in total. The van der Waals surface area contributed by atoms with Gasteiger partial charge in [-0.15, -0.1) is 11.3 Å². The Morgan fingerprint density at radius 2 is 2.20 bits per heavy atom. The molecule has 3 heterocycles. The fourth-order valence-corrected chi connectivity index (χ4v) is 5.72. The van der Waals surface area contributed by atoms with Crippen LogP contribution in [-0.2, 0) is 4.79 Å². The number of carboxylic acids is 1. The Morgan fingerprint density at radius 3 is 2.94 bits per heavy atom. The number of aromatic nitrogens is 1. The number of nitrogens with zero attached hydrogens (tertiary/aromatic N) is 2. The van der Waals surface area contributed by atoms with Gasteiger partial charge in [0.25, 0.3) is 0 Å². The van der Waals surface area contributed by atoms with E-state index in [4.69, 9.17) is 4.74 Å². The van der Waals surface area contributed by atoms with Crippen molar-refractivity contribution in [1.29, 1.82) is 0 Å². The second-order valence-corrected chi connectivity index (χ2v) is 10.1. The lowest BCUT2D eigenvalue weighted by atomic mass is 9.79. The fraction of sp³-hybridized carbons (Fsp3) is 0.429. The van der Waals surface area contributed by atoms with Crippen LogP contribution in [0.3, 0.4) is 0 Å². The van der Waals surface area contributed by atoms with E-state index in [2.05, 4.69) is 34.7 Å². The zero-order valence-electron chi connectivity index (χ0n) is 20.2. The highest BCUT2D eigenvalue weighted by Crippen LogP contribution is 2.36. The molecule has 4 rings (SSSR count). The van der Waals surface area contributed by atoms with E-state index in [0.717, 1.165) is 28.7 Å². The van der Waals surface area contributed by atoms with Crippen molar-refractivity contribution in [2.75, 3.05) is 26.7 Å². The Morgan fingerprint density at radius 1 is 1.34 bits per heavy atom. The molecule has 0 amide bonds. The topological polar surface area (TPSA) is 62.7 Å². The second kappa shape index (κ2) is 11.7. The van der Waals surface area contributed by atoms with Crippen molar-refractivity contribution >= 4 is 28.2 Å². The predicted octanol–water partition coefficient (Wildman–Crippen LogP) is 5.87. The summed E-state index contributed by atoms with van der Waals surface area (Å²) < 4.78 is 20.8. The highest BCUT2D eigenvalue weighted by Gasteiger charge is 2.31. The summed E-state index contributed by atoms with van der Waals surface area (Å²) in [5, 5.41) is 12.3. The van der Waals surface area contributed by atoms with E-state index in [1.807, 2.05) is 23.6 Å². The number of fused-ring (bicyclic) bond motifs is 1. The summed E-state index contributed by atoms with van der Waals surface area (Å²) >= 11 is 1.64. The quantitative estimate of drug-likeness (QED) is 0.397. The Balaban J connectivity index is 1.39. The maximum absolute atomic E-state index is 15.4. The molecule has 184 valence electrons. The molecule has 0 aliphatic carbocycles. The van der Waals surface area contributed by atoms with Gasteiger partial charge in [0.05, 0.1) is 24.0 Å². The Hall–Kier alpha value is -2.95. The number of alkyl halides is 1.